The van der Waals surface area contributed by atoms with Crippen LogP contribution in [0.4, 0.5) is 18.0 Å². The molecule has 1 aromatic carbocycles. The second-order valence-corrected chi connectivity index (χ2v) is 6.33. The van der Waals surface area contributed by atoms with Crippen LogP contribution in [0.25, 0.3) is 0 Å². The Bertz CT molecular complexity index is 750. The van der Waals surface area contributed by atoms with Gasteiger partial charge in [-0.15, -0.1) is 0 Å². The third-order valence-corrected chi connectivity index (χ3v) is 4.52. The quantitative estimate of drug-likeness (QED) is 0.826. The van der Waals surface area contributed by atoms with Crippen molar-refractivity contribution in [1.82, 2.24) is 10.2 Å². The van der Waals surface area contributed by atoms with Crippen LogP contribution >= 0.6 is 0 Å². The van der Waals surface area contributed by atoms with Crippen molar-refractivity contribution in [3.8, 4) is 0 Å². The second kappa shape index (κ2) is 6.62. The molecule has 1 heterocycles. The van der Waals surface area contributed by atoms with Crippen LogP contribution in [0.15, 0.2) is 24.3 Å². The molecule has 6 nitrogen and oxygen atoms in total. The Morgan fingerprint density at radius 1 is 1.31 bits per heavy atom. The normalized spacial score (nSPS) is 23.4. The first-order valence-corrected chi connectivity index (χ1v) is 8.16. The molecule has 2 fully saturated rings. The Labute approximate surface area is 147 Å². The minimum atomic E-state index is -4.50. The minimum absolute atomic E-state index is 0.0554. The number of carbonyl (C=O) groups excluding carboxylic acids is 3. The maximum absolute atomic E-state index is 13.1. The highest BCUT2D eigenvalue weighted by Gasteiger charge is 2.49. The second-order valence-electron chi connectivity index (χ2n) is 6.33. The highest BCUT2D eigenvalue weighted by molar-refractivity contribution is 5.98. The van der Waals surface area contributed by atoms with Gasteiger partial charge >= 0.3 is 18.2 Å². The Morgan fingerprint density at radius 2 is 2.00 bits per heavy atom. The predicted molar refractivity (Wildman–Crippen MR) is 83.0 cm³/mol. The topological polar surface area (TPSA) is 75.7 Å². The third-order valence-electron chi connectivity index (χ3n) is 4.52. The summed E-state index contributed by atoms with van der Waals surface area (Å²) >= 11 is 0. The number of nitrogens with one attached hydrogen (secondary N) is 1. The summed E-state index contributed by atoms with van der Waals surface area (Å²) in [6, 6.07) is 4.56. The molecule has 0 unspecified atom stereocenters. The molecule has 0 aromatic heterocycles. The summed E-state index contributed by atoms with van der Waals surface area (Å²) in [5.74, 6) is -2.69. The van der Waals surface area contributed by atoms with Crippen molar-refractivity contribution in [3.05, 3.63) is 35.4 Å². The van der Waals surface area contributed by atoms with Crippen LogP contribution in [0.3, 0.4) is 0 Å². The number of rotatable bonds is 4. The summed E-state index contributed by atoms with van der Waals surface area (Å²) in [5, 5.41) is 2.46. The van der Waals surface area contributed by atoms with Crippen molar-refractivity contribution in [1.29, 1.82) is 0 Å². The number of amides is 3. The lowest BCUT2D eigenvalue weighted by Gasteiger charge is -2.18. The van der Waals surface area contributed by atoms with E-state index >= 15 is 0 Å². The van der Waals surface area contributed by atoms with Crippen LogP contribution in [0.2, 0.25) is 0 Å². The molecule has 1 saturated heterocycles. The molecule has 0 radical (unpaired) electrons. The van der Waals surface area contributed by atoms with Crippen LogP contribution in [-0.2, 0) is 20.5 Å². The molecule has 1 aliphatic carbocycles. The van der Waals surface area contributed by atoms with Crippen LogP contribution in [0.5, 0.6) is 0 Å². The number of hydrogen-bond donors (Lipinski definition) is 1. The molecule has 1 aliphatic heterocycles. The van der Waals surface area contributed by atoms with Crippen LogP contribution < -0.4 is 5.32 Å². The van der Waals surface area contributed by atoms with Gasteiger partial charge in [0, 0.05) is 13.1 Å². The molecule has 0 bridgehead atoms. The lowest BCUT2D eigenvalue weighted by atomic mass is 10.0. The number of ether oxygens (including phenoxy) is 1. The summed E-state index contributed by atoms with van der Waals surface area (Å²) in [7, 11) is 0. The van der Waals surface area contributed by atoms with E-state index in [1.165, 1.54) is 25.1 Å². The lowest BCUT2D eigenvalue weighted by Crippen LogP contribution is -2.42. The van der Waals surface area contributed by atoms with E-state index in [9.17, 15) is 27.6 Å². The SMILES string of the molecule is C[C@H](OC(=O)[C@H]1C[C@H]1c1ccccc1C(F)(F)F)C(=O)N1CCNC1=O. The van der Waals surface area contributed by atoms with Gasteiger partial charge in [-0.2, -0.15) is 13.2 Å². The highest BCUT2D eigenvalue weighted by atomic mass is 19.4. The number of alkyl halides is 3. The Hall–Kier alpha value is -2.58. The van der Waals surface area contributed by atoms with E-state index in [4.69, 9.17) is 4.74 Å². The Balaban J connectivity index is 1.63. The standard InChI is InChI=1S/C17H17F3N2O4/c1-9(14(23)22-7-6-21-16(22)25)26-15(24)12-8-11(12)10-4-2-3-5-13(10)17(18,19)20/h2-5,9,11-12H,6-8H2,1H3,(H,21,25)/t9-,11-,12-/m0/s1. The van der Waals surface area contributed by atoms with Crippen LogP contribution in [0.1, 0.15) is 30.4 Å². The molecule has 3 amide bonds. The number of urea groups is 1. The zero-order valence-electron chi connectivity index (χ0n) is 13.9. The molecule has 140 valence electrons. The molecule has 0 spiro atoms. The van der Waals surface area contributed by atoms with E-state index in [0.29, 0.717) is 6.54 Å². The van der Waals surface area contributed by atoms with Gasteiger partial charge in [0.05, 0.1) is 11.5 Å². The van der Waals surface area contributed by atoms with E-state index < -0.39 is 47.6 Å². The monoisotopic (exact) mass is 370 g/mol. The van der Waals surface area contributed by atoms with Crippen molar-refractivity contribution in [3.63, 3.8) is 0 Å². The average molecular weight is 370 g/mol. The van der Waals surface area contributed by atoms with Crippen molar-refractivity contribution in [2.75, 3.05) is 13.1 Å². The van der Waals surface area contributed by atoms with Gasteiger partial charge in [0.25, 0.3) is 5.91 Å². The van der Waals surface area contributed by atoms with Crippen molar-refractivity contribution >= 4 is 17.9 Å². The largest absolute Gasteiger partial charge is 0.452 e. The van der Waals surface area contributed by atoms with Gasteiger partial charge in [0.15, 0.2) is 6.10 Å². The first kappa shape index (κ1) is 18.2. The number of carbonyl (C=O) groups is 3. The van der Waals surface area contributed by atoms with Gasteiger partial charge in [-0.1, -0.05) is 18.2 Å². The molecular weight excluding hydrogens is 353 g/mol. The van der Waals surface area contributed by atoms with E-state index in [0.717, 1.165) is 11.0 Å². The molecule has 1 aromatic rings. The molecule has 26 heavy (non-hydrogen) atoms. The molecule has 1 N–H and O–H groups in total. The van der Waals surface area contributed by atoms with Crippen molar-refractivity contribution in [2.45, 2.75) is 31.5 Å². The number of hydrogen-bond acceptors (Lipinski definition) is 4. The van der Waals surface area contributed by atoms with Gasteiger partial charge in [0.1, 0.15) is 0 Å². The van der Waals surface area contributed by atoms with E-state index in [2.05, 4.69) is 5.32 Å². The number of imide groups is 1. The van der Waals surface area contributed by atoms with Gasteiger partial charge in [-0.05, 0) is 30.9 Å². The fourth-order valence-corrected chi connectivity index (χ4v) is 3.09. The van der Waals surface area contributed by atoms with Crippen molar-refractivity contribution in [2.24, 2.45) is 5.92 Å². The molecular formula is C17H17F3N2O4. The van der Waals surface area contributed by atoms with E-state index in [-0.39, 0.29) is 18.5 Å². The summed E-state index contributed by atoms with van der Waals surface area (Å²) in [6.07, 6.45) is -5.44. The molecule has 1 saturated carbocycles. The predicted octanol–water partition coefficient (Wildman–Crippen LogP) is 2.29. The third kappa shape index (κ3) is 3.51. The maximum atomic E-state index is 13.1. The maximum Gasteiger partial charge on any atom is 0.416 e. The number of benzene rings is 1. The molecule has 3 rings (SSSR count). The van der Waals surface area contributed by atoms with Crippen LogP contribution in [-0.4, -0.2) is 42.0 Å². The molecule has 2 aliphatic rings. The zero-order valence-corrected chi connectivity index (χ0v) is 13.9. The first-order valence-electron chi connectivity index (χ1n) is 8.16. The zero-order chi connectivity index (χ0) is 19.1. The molecule has 9 heteroatoms. The fourth-order valence-electron chi connectivity index (χ4n) is 3.09. The minimum Gasteiger partial charge on any atom is -0.452 e. The number of esters is 1. The Kier molecular flexibility index (Phi) is 4.64. The van der Waals surface area contributed by atoms with Crippen molar-refractivity contribution < 1.29 is 32.3 Å². The summed E-state index contributed by atoms with van der Waals surface area (Å²) in [4.78, 5) is 36.7. The first-order chi connectivity index (χ1) is 12.2. The highest BCUT2D eigenvalue weighted by Crippen LogP contribution is 2.51. The number of nitrogens with zero attached hydrogens (tertiary/aromatic N) is 1. The summed E-state index contributed by atoms with van der Waals surface area (Å²) in [6.45, 7) is 1.85. The van der Waals surface area contributed by atoms with Gasteiger partial charge in [0.2, 0.25) is 0 Å². The van der Waals surface area contributed by atoms with Gasteiger partial charge < -0.3 is 10.1 Å². The van der Waals surface area contributed by atoms with Crippen LogP contribution in [0, 0.1) is 5.92 Å². The van der Waals surface area contributed by atoms with Gasteiger partial charge in [-0.3, -0.25) is 14.5 Å². The lowest BCUT2D eigenvalue weighted by molar-refractivity contribution is -0.158. The number of halogens is 3. The summed E-state index contributed by atoms with van der Waals surface area (Å²) < 4.78 is 44.3. The smallest absolute Gasteiger partial charge is 0.416 e. The average Bonchev–Trinajstić information content (AvgIpc) is 3.28. The van der Waals surface area contributed by atoms with E-state index in [1.54, 1.807) is 0 Å². The van der Waals surface area contributed by atoms with E-state index in [1.807, 2.05) is 0 Å². The molecule has 3 atom stereocenters. The fraction of sp³-hybridized carbons (Fsp3) is 0.471. The summed E-state index contributed by atoms with van der Waals surface area (Å²) in [5.41, 5.74) is -0.710. The van der Waals surface area contributed by atoms with Gasteiger partial charge in [-0.25, -0.2) is 4.79 Å². The Morgan fingerprint density at radius 3 is 2.62 bits per heavy atom.